The van der Waals surface area contributed by atoms with Gasteiger partial charge in [-0.25, -0.2) is 0 Å². The van der Waals surface area contributed by atoms with Crippen LogP contribution >= 0.6 is 0 Å². The van der Waals surface area contributed by atoms with Gasteiger partial charge >= 0.3 is 0 Å². The molecule has 0 saturated carbocycles. The zero-order valence-corrected chi connectivity index (χ0v) is 14.7. The largest absolute Gasteiger partial charge is 0.392 e. The number of nitrogens with zero attached hydrogens (tertiary/aromatic N) is 2. The summed E-state index contributed by atoms with van der Waals surface area (Å²) in [5.41, 5.74) is 7.70. The van der Waals surface area contributed by atoms with E-state index in [2.05, 4.69) is 0 Å². The van der Waals surface area contributed by atoms with Crippen LogP contribution in [0.4, 0.5) is 0 Å². The Morgan fingerprint density at radius 3 is 2.44 bits per heavy atom. The summed E-state index contributed by atoms with van der Waals surface area (Å²) in [5.74, 6) is -0.218. The summed E-state index contributed by atoms with van der Waals surface area (Å²) in [4.78, 5) is 28.0. The number of β-amino-alcohol motifs (C(OH)–C–C–N with tert-alkyl or cyclic N) is 1. The lowest BCUT2D eigenvalue weighted by Gasteiger charge is -2.38. The van der Waals surface area contributed by atoms with Crippen molar-refractivity contribution in [2.24, 2.45) is 5.73 Å². The van der Waals surface area contributed by atoms with Crippen LogP contribution < -0.4 is 5.73 Å². The fourth-order valence-electron chi connectivity index (χ4n) is 3.96. The highest BCUT2D eigenvalue weighted by Gasteiger charge is 2.40. The molecule has 136 valence electrons. The smallest absolute Gasteiger partial charge is 0.234 e. The van der Waals surface area contributed by atoms with Crippen LogP contribution in [0.15, 0.2) is 24.3 Å². The van der Waals surface area contributed by atoms with E-state index in [4.69, 9.17) is 5.73 Å². The topological polar surface area (TPSA) is 86.9 Å². The highest BCUT2D eigenvalue weighted by Crippen LogP contribution is 2.26. The number of carbonyl (C=O) groups excluding carboxylic acids is 2. The first-order chi connectivity index (χ1) is 11.9. The van der Waals surface area contributed by atoms with Gasteiger partial charge in [-0.05, 0) is 31.7 Å². The molecule has 2 heterocycles. The first-order valence-corrected chi connectivity index (χ1v) is 9.00. The number of piperidine rings is 1. The van der Waals surface area contributed by atoms with Gasteiger partial charge in [0, 0.05) is 25.7 Å². The maximum atomic E-state index is 12.5. The molecule has 2 saturated heterocycles. The van der Waals surface area contributed by atoms with E-state index < -0.39 is 6.10 Å². The molecule has 0 radical (unpaired) electrons. The fraction of sp³-hybridized carbons (Fsp3) is 0.579. The molecule has 0 aromatic heterocycles. The van der Waals surface area contributed by atoms with E-state index in [1.807, 2.05) is 41.0 Å². The van der Waals surface area contributed by atoms with E-state index >= 15 is 0 Å². The van der Waals surface area contributed by atoms with Crippen molar-refractivity contribution in [2.75, 3.05) is 19.6 Å². The van der Waals surface area contributed by atoms with Crippen LogP contribution in [0.1, 0.15) is 30.4 Å². The lowest BCUT2D eigenvalue weighted by Crippen LogP contribution is -2.51. The number of aryl methyl sites for hydroxylation is 1. The second kappa shape index (κ2) is 7.54. The van der Waals surface area contributed by atoms with E-state index in [-0.39, 0.29) is 23.9 Å². The van der Waals surface area contributed by atoms with Crippen molar-refractivity contribution in [1.82, 2.24) is 9.80 Å². The summed E-state index contributed by atoms with van der Waals surface area (Å²) >= 11 is 0. The third-order valence-corrected chi connectivity index (χ3v) is 5.41. The summed E-state index contributed by atoms with van der Waals surface area (Å²) in [6, 6.07) is 7.88. The Balaban J connectivity index is 1.53. The number of nitrogens with two attached hydrogens (primary N) is 1. The number of likely N-dealkylation sites (tertiary alicyclic amines) is 2. The highest BCUT2D eigenvalue weighted by molar-refractivity contribution is 5.80. The van der Waals surface area contributed by atoms with Gasteiger partial charge in [0.1, 0.15) is 0 Å². The zero-order valence-electron chi connectivity index (χ0n) is 14.7. The first-order valence-electron chi connectivity index (χ1n) is 9.00. The van der Waals surface area contributed by atoms with Gasteiger partial charge in [0.2, 0.25) is 11.8 Å². The molecule has 0 unspecified atom stereocenters. The van der Waals surface area contributed by atoms with Crippen molar-refractivity contribution in [3.63, 3.8) is 0 Å². The molecule has 0 bridgehead atoms. The minimum absolute atomic E-state index is 0.148. The van der Waals surface area contributed by atoms with Crippen molar-refractivity contribution in [1.29, 1.82) is 0 Å². The summed E-state index contributed by atoms with van der Waals surface area (Å²) in [5, 5.41) is 9.86. The zero-order chi connectivity index (χ0) is 18.0. The molecule has 6 heteroatoms. The molecule has 25 heavy (non-hydrogen) atoms. The minimum atomic E-state index is -0.487. The van der Waals surface area contributed by atoms with E-state index in [1.54, 1.807) is 0 Å². The molecule has 2 atom stereocenters. The van der Waals surface area contributed by atoms with E-state index in [1.165, 1.54) is 5.56 Å². The van der Waals surface area contributed by atoms with Gasteiger partial charge in [0.15, 0.2) is 0 Å². The Kier molecular flexibility index (Phi) is 5.39. The molecule has 2 aliphatic rings. The van der Waals surface area contributed by atoms with Crippen LogP contribution in [0, 0.1) is 6.92 Å². The Morgan fingerprint density at radius 2 is 1.84 bits per heavy atom. The number of benzene rings is 1. The van der Waals surface area contributed by atoms with E-state index in [0.717, 1.165) is 18.4 Å². The molecule has 3 N–H and O–H groups in total. The molecule has 2 fully saturated rings. The Bertz CT molecular complexity index is 623. The highest BCUT2D eigenvalue weighted by atomic mass is 16.3. The van der Waals surface area contributed by atoms with Crippen molar-refractivity contribution in [3.8, 4) is 0 Å². The normalized spacial score (nSPS) is 25.3. The third kappa shape index (κ3) is 4.19. The average Bonchev–Trinajstić information content (AvgIpc) is 2.99. The van der Waals surface area contributed by atoms with Crippen LogP contribution in [0.5, 0.6) is 0 Å². The molecule has 1 aromatic carbocycles. The van der Waals surface area contributed by atoms with Crippen LogP contribution in [0.3, 0.4) is 0 Å². The molecule has 0 aliphatic carbocycles. The molecular formula is C19H27N3O3. The number of amides is 2. The molecule has 3 rings (SSSR count). The average molecular weight is 345 g/mol. The van der Waals surface area contributed by atoms with Crippen molar-refractivity contribution < 1.29 is 14.7 Å². The SMILES string of the molecule is Cc1ccc(CC(=O)N2CCC(N3C[C@H](O)C[C@H]3C(N)=O)CC2)cc1. The van der Waals surface area contributed by atoms with Gasteiger partial charge in [-0.15, -0.1) is 0 Å². The van der Waals surface area contributed by atoms with Crippen LogP contribution in [0.2, 0.25) is 0 Å². The van der Waals surface area contributed by atoms with Gasteiger partial charge in [0.05, 0.1) is 18.6 Å². The van der Waals surface area contributed by atoms with Gasteiger partial charge in [-0.3, -0.25) is 14.5 Å². The van der Waals surface area contributed by atoms with Crippen LogP contribution in [-0.2, 0) is 16.0 Å². The summed E-state index contributed by atoms with van der Waals surface area (Å²) < 4.78 is 0. The minimum Gasteiger partial charge on any atom is -0.392 e. The number of aliphatic hydroxyl groups excluding tert-OH is 1. The Labute approximate surface area is 148 Å². The van der Waals surface area contributed by atoms with Gasteiger partial charge in [-0.2, -0.15) is 0 Å². The second-order valence-electron chi connectivity index (χ2n) is 7.28. The maximum absolute atomic E-state index is 12.5. The lowest BCUT2D eigenvalue weighted by molar-refractivity contribution is -0.133. The van der Waals surface area contributed by atoms with E-state index in [9.17, 15) is 14.7 Å². The Morgan fingerprint density at radius 1 is 1.20 bits per heavy atom. The van der Waals surface area contributed by atoms with Crippen molar-refractivity contribution >= 4 is 11.8 Å². The van der Waals surface area contributed by atoms with Crippen LogP contribution in [-0.4, -0.2) is 64.5 Å². The fourth-order valence-corrected chi connectivity index (χ4v) is 3.96. The molecule has 0 spiro atoms. The monoisotopic (exact) mass is 345 g/mol. The molecule has 6 nitrogen and oxygen atoms in total. The lowest BCUT2D eigenvalue weighted by atomic mass is 10.0. The van der Waals surface area contributed by atoms with Gasteiger partial charge in [-0.1, -0.05) is 29.8 Å². The number of rotatable bonds is 4. The molecule has 1 aromatic rings. The number of hydrogen-bond acceptors (Lipinski definition) is 4. The number of aliphatic hydroxyl groups is 1. The van der Waals surface area contributed by atoms with Crippen LogP contribution in [0.25, 0.3) is 0 Å². The molecular weight excluding hydrogens is 318 g/mol. The number of carbonyl (C=O) groups is 2. The number of primary amides is 1. The Hall–Kier alpha value is -1.92. The quantitative estimate of drug-likeness (QED) is 0.829. The van der Waals surface area contributed by atoms with Gasteiger partial charge in [0.25, 0.3) is 0 Å². The third-order valence-electron chi connectivity index (χ3n) is 5.41. The summed E-state index contributed by atoms with van der Waals surface area (Å²) in [7, 11) is 0. The summed E-state index contributed by atoms with van der Waals surface area (Å²) in [6.07, 6.45) is 1.99. The standard InChI is InChI=1S/C19H27N3O3/c1-13-2-4-14(5-3-13)10-18(24)21-8-6-15(7-9-21)22-12-16(23)11-17(22)19(20)25/h2-5,15-17,23H,6-12H2,1H3,(H2,20,25)/t16-,17+/m1/s1. The molecule has 2 aliphatic heterocycles. The number of hydrogen-bond donors (Lipinski definition) is 2. The second-order valence-corrected chi connectivity index (χ2v) is 7.28. The van der Waals surface area contributed by atoms with E-state index in [0.29, 0.717) is 32.5 Å². The first kappa shape index (κ1) is 17.9. The van der Waals surface area contributed by atoms with Gasteiger partial charge < -0.3 is 15.7 Å². The van der Waals surface area contributed by atoms with Crippen molar-refractivity contribution in [2.45, 2.75) is 50.8 Å². The maximum Gasteiger partial charge on any atom is 0.234 e. The predicted octanol–water partition coefficient (Wildman–Crippen LogP) is 0.449. The molecule has 2 amide bonds. The summed E-state index contributed by atoms with van der Waals surface area (Å²) in [6.45, 7) is 3.90. The van der Waals surface area contributed by atoms with Crippen molar-refractivity contribution in [3.05, 3.63) is 35.4 Å². The predicted molar refractivity (Wildman–Crippen MR) is 94.8 cm³/mol.